The first-order valence-corrected chi connectivity index (χ1v) is 23.3. The van der Waals surface area contributed by atoms with E-state index in [0.29, 0.717) is 105 Å². The molecule has 2 N–H and O–H groups in total. The van der Waals surface area contributed by atoms with Crippen LogP contribution in [0.2, 0.25) is 0 Å². The van der Waals surface area contributed by atoms with Crippen molar-refractivity contribution < 1.29 is 61.9 Å². The molecule has 2 bridgehead atoms. The topological polar surface area (TPSA) is 183 Å². The predicted molar refractivity (Wildman–Crippen MR) is 244 cm³/mol. The second kappa shape index (κ2) is 27.6. The van der Waals surface area contributed by atoms with Gasteiger partial charge in [0.25, 0.3) is 0 Å². The highest BCUT2D eigenvalue weighted by Gasteiger charge is 2.55. The lowest BCUT2D eigenvalue weighted by Gasteiger charge is -2.46. The average molecular weight is 911 g/mol. The van der Waals surface area contributed by atoms with E-state index in [1.807, 2.05) is 30.3 Å². The fraction of sp³-hybridized carbons (Fsp3) is 0.660. The van der Waals surface area contributed by atoms with Gasteiger partial charge in [-0.2, -0.15) is 0 Å². The molecule has 362 valence electrons. The molecule has 65 heavy (non-hydrogen) atoms. The monoisotopic (exact) mass is 911 g/mol. The SMILES string of the molecule is C=C(C)C(=O)OCCCCCNC(=O)OC(COCC1(C)CCC2C3CC(COCC(COc4ccccc4)OC(=O)NCCCCCOC(=O)C(=C)C)C(C3)C2C1)COC(=O)C(=C)C. The van der Waals surface area contributed by atoms with Crippen molar-refractivity contribution in [1.82, 2.24) is 10.6 Å². The van der Waals surface area contributed by atoms with E-state index >= 15 is 0 Å². The number of carbonyl (C=O) groups is 5. The van der Waals surface area contributed by atoms with Gasteiger partial charge in [-0.1, -0.05) is 44.9 Å². The van der Waals surface area contributed by atoms with Crippen LogP contribution in [0.25, 0.3) is 0 Å². The van der Waals surface area contributed by atoms with E-state index in [9.17, 15) is 24.0 Å². The van der Waals surface area contributed by atoms with E-state index < -0.39 is 42.3 Å². The Morgan fingerprint density at radius 3 is 1.80 bits per heavy atom. The van der Waals surface area contributed by atoms with Crippen molar-refractivity contribution in [2.75, 3.05) is 65.9 Å². The van der Waals surface area contributed by atoms with Crippen LogP contribution in [0.1, 0.15) is 98.3 Å². The third kappa shape index (κ3) is 18.9. The first kappa shape index (κ1) is 52.7. The third-order valence-electron chi connectivity index (χ3n) is 12.5. The molecule has 8 unspecified atom stereocenters. The summed E-state index contributed by atoms with van der Waals surface area (Å²) >= 11 is 0. The summed E-state index contributed by atoms with van der Waals surface area (Å²) in [7, 11) is 0. The molecule has 0 aliphatic heterocycles. The number of esters is 3. The highest BCUT2D eigenvalue weighted by molar-refractivity contribution is 5.87. The molecule has 3 fully saturated rings. The number of fused-ring (bicyclic) bond motifs is 5. The van der Waals surface area contributed by atoms with Gasteiger partial charge in [0, 0.05) is 36.4 Å². The number of para-hydroxylation sites is 1. The predicted octanol–water partition coefficient (Wildman–Crippen LogP) is 8.07. The van der Waals surface area contributed by atoms with Gasteiger partial charge in [-0.25, -0.2) is 24.0 Å². The van der Waals surface area contributed by atoms with Crippen molar-refractivity contribution in [1.29, 1.82) is 0 Å². The minimum Gasteiger partial charge on any atom is -0.490 e. The number of unbranched alkanes of at least 4 members (excludes halogenated alkanes) is 4. The van der Waals surface area contributed by atoms with Crippen LogP contribution in [-0.4, -0.2) is 108 Å². The molecule has 0 heterocycles. The van der Waals surface area contributed by atoms with Crippen molar-refractivity contribution in [2.24, 2.45) is 35.0 Å². The molecule has 3 saturated carbocycles. The molecule has 8 atom stereocenters. The van der Waals surface area contributed by atoms with Crippen LogP contribution in [0.4, 0.5) is 9.59 Å². The molecule has 2 amide bonds. The summed E-state index contributed by atoms with van der Waals surface area (Å²) in [5, 5.41) is 5.56. The maximum Gasteiger partial charge on any atom is 0.407 e. The third-order valence-corrected chi connectivity index (χ3v) is 12.5. The quantitative estimate of drug-likeness (QED) is 0.0327. The van der Waals surface area contributed by atoms with Gasteiger partial charge in [-0.15, -0.1) is 0 Å². The van der Waals surface area contributed by atoms with Gasteiger partial charge in [0.05, 0.1) is 33.0 Å². The van der Waals surface area contributed by atoms with Gasteiger partial charge < -0.3 is 48.5 Å². The first-order valence-electron chi connectivity index (χ1n) is 23.3. The zero-order valence-corrected chi connectivity index (χ0v) is 39.2. The molecule has 0 spiro atoms. The Morgan fingerprint density at radius 1 is 0.662 bits per heavy atom. The van der Waals surface area contributed by atoms with Crippen LogP contribution in [0.5, 0.6) is 5.75 Å². The van der Waals surface area contributed by atoms with Crippen LogP contribution in [-0.2, 0) is 47.5 Å². The Morgan fingerprint density at radius 2 is 1.22 bits per heavy atom. The smallest absolute Gasteiger partial charge is 0.407 e. The Hall–Kier alpha value is -4.89. The van der Waals surface area contributed by atoms with Crippen molar-refractivity contribution in [2.45, 2.75) is 111 Å². The first-order chi connectivity index (χ1) is 31.1. The van der Waals surface area contributed by atoms with E-state index in [4.69, 9.17) is 37.9 Å². The second-order valence-corrected chi connectivity index (χ2v) is 18.5. The second-order valence-electron chi connectivity index (χ2n) is 18.5. The lowest BCUT2D eigenvalue weighted by atomic mass is 9.60. The molecule has 3 aliphatic rings. The lowest BCUT2D eigenvalue weighted by molar-refractivity contribution is -0.144. The summed E-state index contributed by atoms with van der Waals surface area (Å²) in [6, 6.07) is 9.40. The normalized spacial score (nSPS) is 22.6. The van der Waals surface area contributed by atoms with Gasteiger partial charge in [0.2, 0.25) is 0 Å². The highest BCUT2D eigenvalue weighted by Crippen LogP contribution is 2.62. The van der Waals surface area contributed by atoms with Gasteiger partial charge in [-0.3, -0.25) is 0 Å². The molecule has 1 aromatic rings. The summed E-state index contributed by atoms with van der Waals surface area (Å²) in [6.45, 7) is 20.5. The van der Waals surface area contributed by atoms with E-state index in [2.05, 4.69) is 37.3 Å². The standard InChI is InChI=1S/C50H74N2O13/c1-34(2)45(53)60-23-15-9-13-21-51-48(56)64-40(31-62-39-17-11-8-12-18-39)29-58-28-38-25-37-26-43(38)44-27-50(7,20-19-42(37)44)33-59-30-41(32-63-47(55)36(5)6)65-49(57)52-22-14-10-16-24-61-46(54)35(3)4/h8,11-12,17-18,37-38,40-44H,1,3,5,9-10,13-16,19-33H2,2,4,6-7H3,(H,51,56)(H,52,57). The molecule has 15 nitrogen and oxygen atoms in total. The highest BCUT2D eigenvalue weighted by atomic mass is 16.6. The molecular formula is C50H74N2O13. The summed E-state index contributed by atoms with van der Waals surface area (Å²) in [6.07, 6.45) is 7.17. The van der Waals surface area contributed by atoms with Gasteiger partial charge in [0.15, 0.2) is 12.2 Å². The minimum absolute atomic E-state index is 0.0706. The van der Waals surface area contributed by atoms with Crippen LogP contribution in [0.3, 0.4) is 0 Å². The van der Waals surface area contributed by atoms with E-state index in [0.717, 1.165) is 38.5 Å². The Kier molecular flexibility index (Phi) is 22.4. The van der Waals surface area contributed by atoms with Gasteiger partial charge in [0.1, 0.15) is 19.0 Å². The number of benzene rings is 1. The fourth-order valence-corrected chi connectivity index (χ4v) is 9.17. The zero-order valence-electron chi connectivity index (χ0n) is 39.2. The van der Waals surface area contributed by atoms with Crippen LogP contribution in [0, 0.1) is 35.0 Å². The largest absolute Gasteiger partial charge is 0.490 e. The van der Waals surface area contributed by atoms with Gasteiger partial charge in [-0.05, 0) is 139 Å². The van der Waals surface area contributed by atoms with Crippen molar-refractivity contribution >= 4 is 30.1 Å². The van der Waals surface area contributed by atoms with E-state index in [1.54, 1.807) is 20.8 Å². The zero-order chi connectivity index (χ0) is 47.2. The fourth-order valence-electron chi connectivity index (χ4n) is 9.17. The number of ether oxygens (including phenoxy) is 8. The molecule has 3 aliphatic carbocycles. The van der Waals surface area contributed by atoms with Crippen molar-refractivity contribution in [3.8, 4) is 5.75 Å². The molecule has 15 heteroatoms. The number of rotatable bonds is 30. The Bertz CT molecular complexity index is 1740. The maximum absolute atomic E-state index is 12.8. The molecule has 0 saturated heterocycles. The summed E-state index contributed by atoms with van der Waals surface area (Å²) in [5.74, 6) is 2.13. The number of hydrogen-bond acceptors (Lipinski definition) is 13. The number of amides is 2. The maximum atomic E-state index is 12.8. The number of hydrogen-bond donors (Lipinski definition) is 2. The average Bonchev–Trinajstić information content (AvgIpc) is 3.85. The van der Waals surface area contributed by atoms with E-state index in [1.165, 1.54) is 6.42 Å². The molecule has 0 aromatic heterocycles. The lowest BCUT2D eigenvalue weighted by Crippen LogP contribution is -2.42. The van der Waals surface area contributed by atoms with Gasteiger partial charge >= 0.3 is 30.1 Å². The summed E-state index contributed by atoms with van der Waals surface area (Å²) in [4.78, 5) is 60.8. The van der Waals surface area contributed by atoms with Crippen molar-refractivity contribution in [3.63, 3.8) is 0 Å². The number of carbonyl (C=O) groups excluding carboxylic acids is 5. The summed E-state index contributed by atoms with van der Waals surface area (Å²) in [5.41, 5.74) is 0.896. The van der Waals surface area contributed by atoms with Crippen LogP contribution in [0.15, 0.2) is 66.8 Å². The Labute approximate surface area is 385 Å². The molecule has 4 rings (SSSR count). The van der Waals surface area contributed by atoms with Crippen LogP contribution >= 0.6 is 0 Å². The summed E-state index contributed by atoms with van der Waals surface area (Å²) < 4.78 is 45.6. The number of nitrogens with one attached hydrogen (secondary N) is 2. The Balaban J connectivity index is 1.21. The molecular weight excluding hydrogens is 837 g/mol. The number of alkyl carbamates (subject to hydrolysis) is 2. The van der Waals surface area contributed by atoms with Crippen molar-refractivity contribution in [3.05, 3.63) is 66.8 Å². The van der Waals surface area contributed by atoms with E-state index in [-0.39, 0.29) is 44.0 Å². The molecule has 0 radical (unpaired) electrons. The van der Waals surface area contributed by atoms with Crippen LogP contribution < -0.4 is 15.4 Å². The molecule has 1 aromatic carbocycles. The minimum atomic E-state index is -0.808.